The Morgan fingerprint density at radius 2 is 1.04 bits per heavy atom. The van der Waals surface area contributed by atoms with Gasteiger partial charge in [-0.05, 0) is 38.1 Å². The fraction of sp³-hybridized carbons (Fsp3) is 0.300. The molecular formula is C20H22O6S2. The second-order valence-corrected chi connectivity index (χ2v) is 11.2. The largest absolute Gasteiger partial charge is 0.291 e. The average molecular weight is 423 g/mol. The number of Topliss-reactive ketones (excluding diaryl/α,β-unsaturated/α-hetero) is 2. The summed E-state index contributed by atoms with van der Waals surface area (Å²) in [5.74, 6) is -3.50. The lowest BCUT2D eigenvalue weighted by Crippen LogP contribution is -2.41. The van der Waals surface area contributed by atoms with Crippen LogP contribution in [-0.4, -0.2) is 33.0 Å². The van der Waals surface area contributed by atoms with E-state index in [9.17, 15) is 26.4 Å². The number of benzene rings is 2. The van der Waals surface area contributed by atoms with Gasteiger partial charge in [-0.2, -0.15) is 0 Å². The fourth-order valence-electron chi connectivity index (χ4n) is 2.87. The number of aryl methyl sites for hydroxylation is 2. The van der Waals surface area contributed by atoms with Gasteiger partial charge in [-0.25, -0.2) is 16.8 Å². The van der Waals surface area contributed by atoms with E-state index in [-0.39, 0.29) is 9.79 Å². The summed E-state index contributed by atoms with van der Waals surface area (Å²) in [5.41, 5.74) is 1.59. The van der Waals surface area contributed by atoms with Crippen molar-refractivity contribution in [2.75, 3.05) is 0 Å². The molecular weight excluding hydrogens is 400 g/mol. The Bertz CT molecular complexity index is 1020. The third kappa shape index (κ3) is 4.23. The van der Waals surface area contributed by atoms with Crippen molar-refractivity contribution in [2.45, 2.75) is 42.1 Å². The molecule has 0 aromatic heterocycles. The van der Waals surface area contributed by atoms with Gasteiger partial charge in [-0.3, -0.25) is 9.59 Å². The summed E-state index contributed by atoms with van der Waals surface area (Å²) in [7, 11) is -8.95. The highest BCUT2D eigenvalue weighted by atomic mass is 32.3. The molecule has 0 spiro atoms. The monoisotopic (exact) mass is 422 g/mol. The van der Waals surface area contributed by atoms with Crippen LogP contribution in [0.4, 0.5) is 0 Å². The van der Waals surface area contributed by atoms with Gasteiger partial charge in [0.2, 0.25) is 5.78 Å². The molecule has 8 heteroatoms. The molecule has 0 amide bonds. The second kappa shape index (κ2) is 7.97. The number of sulfone groups is 2. The van der Waals surface area contributed by atoms with Crippen LogP contribution in [-0.2, 0) is 29.3 Å². The van der Waals surface area contributed by atoms with Gasteiger partial charge in [-0.15, -0.1) is 0 Å². The van der Waals surface area contributed by atoms with E-state index in [1.54, 1.807) is 38.1 Å². The van der Waals surface area contributed by atoms with E-state index in [4.69, 9.17) is 0 Å². The third-order valence-electron chi connectivity index (χ3n) is 4.48. The Morgan fingerprint density at radius 3 is 1.32 bits per heavy atom. The summed E-state index contributed by atoms with van der Waals surface area (Å²) in [6, 6.07) is 11.4. The van der Waals surface area contributed by atoms with Crippen molar-refractivity contribution in [3.8, 4) is 0 Å². The van der Waals surface area contributed by atoms with Gasteiger partial charge in [-0.1, -0.05) is 42.3 Å². The molecule has 0 fully saturated rings. The first-order chi connectivity index (χ1) is 12.9. The van der Waals surface area contributed by atoms with Crippen LogP contribution >= 0.6 is 0 Å². The van der Waals surface area contributed by atoms with E-state index < -0.39 is 41.7 Å². The molecule has 0 saturated carbocycles. The minimum atomic E-state index is -4.47. The molecule has 1 unspecified atom stereocenters. The fourth-order valence-corrected chi connectivity index (χ4v) is 7.76. The summed E-state index contributed by atoms with van der Waals surface area (Å²) in [6.45, 7) is 5.68. The zero-order valence-corrected chi connectivity index (χ0v) is 17.7. The maximum Gasteiger partial charge on any atom is 0.203 e. The summed E-state index contributed by atoms with van der Waals surface area (Å²) in [4.78, 5) is 23.4. The van der Waals surface area contributed by atoms with Crippen LogP contribution in [0.2, 0.25) is 0 Å². The van der Waals surface area contributed by atoms with Crippen LogP contribution in [0.5, 0.6) is 0 Å². The van der Waals surface area contributed by atoms with E-state index in [0.717, 1.165) is 25.0 Å². The molecule has 0 N–H and O–H groups in total. The maximum atomic E-state index is 13.3. The first-order valence-electron chi connectivity index (χ1n) is 8.55. The van der Waals surface area contributed by atoms with Crippen molar-refractivity contribution in [1.29, 1.82) is 0 Å². The molecule has 0 radical (unpaired) electrons. The normalized spacial score (nSPS) is 13.3. The highest BCUT2D eigenvalue weighted by molar-refractivity contribution is 8.09. The van der Waals surface area contributed by atoms with Gasteiger partial charge >= 0.3 is 0 Å². The Kier molecular flexibility index (Phi) is 6.25. The van der Waals surface area contributed by atoms with Crippen molar-refractivity contribution in [3.63, 3.8) is 0 Å². The van der Waals surface area contributed by atoms with Crippen LogP contribution in [0.1, 0.15) is 25.0 Å². The quantitative estimate of drug-likeness (QED) is 0.636. The third-order valence-corrected chi connectivity index (χ3v) is 9.90. The maximum absolute atomic E-state index is 13.3. The number of hydrogen-bond acceptors (Lipinski definition) is 6. The predicted octanol–water partition coefficient (Wildman–Crippen LogP) is 2.67. The molecule has 0 aliphatic rings. The first-order valence-corrected chi connectivity index (χ1v) is 11.6. The van der Waals surface area contributed by atoms with Gasteiger partial charge < -0.3 is 0 Å². The zero-order chi connectivity index (χ0) is 21.3. The van der Waals surface area contributed by atoms with E-state index in [1.807, 2.05) is 0 Å². The van der Waals surface area contributed by atoms with Crippen molar-refractivity contribution in [2.24, 2.45) is 5.92 Å². The molecule has 2 aromatic carbocycles. The van der Waals surface area contributed by atoms with Crippen LogP contribution in [0.3, 0.4) is 0 Å². The Balaban J connectivity index is 2.73. The van der Waals surface area contributed by atoms with Gasteiger partial charge in [0.05, 0.1) is 15.7 Å². The van der Waals surface area contributed by atoms with E-state index >= 15 is 0 Å². The summed E-state index contributed by atoms with van der Waals surface area (Å²) < 4.78 is 50.9. The first kappa shape index (κ1) is 22.0. The molecule has 2 aromatic rings. The highest BCUT2D eigenvalue weighted by Crippen LogP contribution is 2.31. The Labute approximate surface area is 165 Å². The van der Waals surface area contributed by atoms with Crippen LogP contribution < -0.4 is 0 Å². The molecule has 2 rings (SSSR count). The SMILES string of the molecule is CC(=O)C(=O)C(C)C(S(=O)(=O)c1ccc(C)cc1)S(=O)(=O)c1ccc(C)cc1. The topological polar surface area (TPSA) is 102 Å². The molecule has 150 valence electrons. The minimum absolute atomic E-state index is 0.220. The number of carbonyl (C=O) groups is 2. The van der Waals surface area contributed by atoms with Crippen molar-refractivity contribution >= 4 is 31.2 Å². The standard InChI is InChI=1S/C20H22O6S2/c1-13-5-9-17(10-6-13)27(23,24)20(15(3)19(22)16(4)21)28(25,26)18-11-7-14(2)8-12-18/h5-12,15,20H,1-4H3. The van der Waals surface area contributed by atoms with Crippen LogP contribution in [0.25, 0.3) is 0 Å². The molecule has 0 aliphatic carbocycles. The predicted molar refractivity (Wildman–Crippen MR) is 105 cm³/mol. The van der Waals surface area contributed by atoms with E-state index in [2.05, 4.69) is 0 Å². The van der Waals surface area contributed by atoms with Gasteiger partial charge in [0.1, 0.15) is 0 Å². The van der Waals surface area contributed by atoms with Crippen molar-refractivity contribution in [3.05, 3.63) is 59.7 Å². The number of ketones is 2. The number of rotatable bonds is 7. The lowest BCUT2D eigenvalue weighted by atomic mass is 10.1. The smallest absolute Gasteiger partial charge is 0.203 e. The molecule has 0 heterocycles. The molecule has 6 nitrogen and oxygen atoms in total. The van der Waals surface area contributed by atoms with Gasteiger partial charge in [0, 0.05) is 6.92 Å². The Morgan fingerprint density at radius 1 is 0.714 bits per heavy atom. The van der Waals surface area contributed by atoms with E-state index in [0.29, 0.717) is 0 Å². The Hall–Kier alpha value is -2.32. The highest BCUT2D eigenvalue weighted by Gasteiger charge is 2.47. The van der Waals surface area contributed by atoms with Crippen molar-refractivity contribution < 1.29 is 26.4 Å². The molecule has 1 atom stereocenters. The number of hydrogen-bond donors (Lipinski definition) is 0. The molecule has 0 bridgehead atoms. The number of carbonyl (C=O) groups excluding carboxylic acids is 2. The van der Waals surface area contributed by atoms with E-state index in [1.165, 1.54) is 24.3 Å². The molecule has 28 heavy (non-hydrogen) atoms. The lowest BCUT2D eigenvalue weighted by molar-refractivity contribution is -0.137. The van der Waals surface area contributed by atoms with Crippen LogP contribution in [0, 0.1) is 19.8 Å². The summed E-state index contributed by atoms with van der Waals surface area (Å²) in [6.07, 6.45) is 0. The summed E-state index contributed by atoms with van der Waals surface area (Å²) in [5, 5.41) is 0. The van der Waals surface area contributed by atoms with Gasteiger partial charge in [0.25, 0.3) is 0 Å². The van der Waals surface area contributed by atoms with Crippen LogP contribution in [0.15, 0.2) is 58.3 Å². The zero-order valence-electron chi connectivity index (χ0n) is 16.0. The molecule has 0 aliphatic heterocycles. The van der Waals surface area contributed by atoms with Gasteiger partial charge in [0.15, 0.2) is 30.0 Å². The summed E-state index contributed by atoms with van der Waals surface area (Å²) >= 11 is 0. The average Bonchev–Trinajstić information content (AvgIpc) is 2.61. The minimum Gasteiger partial charge on any atom is -0.291 e. The second-order valence-electron chi connectivity index (χ2n) is 6.79. The van der Waals surface area contributed by atoms with Crippen molar-refractivity contribution in [1.82, 2.24) is 0 Å². The molecule has 0 saturated heterocycles. The lowest BCUT2D eigenvalue weighted by Gasteiger charge is -2.23.